The number of aliphatic carboxylic acids is 1. The van der Waals surface area contributed by atoms with Crippen LogP contribution in [0.4, 0.5) is 0 Å². The Hall–Kier alpha value is -2.34. The molecule has 0 atom stereocenters. The van der Waals surface area contributed by atoms with Crippen LogP contribution in [0.25, 0.3) is 16.9 Å². The molecule has 0 saturated carbocycles. The third-order valence-electron chi connectivity index (χ3n) is 3.37. The summed E-state index contributed by atoms with van der Waals surface area (Å²) < 4.78 is 7.74. The van der Waals surface area contributed by atoms with E-state index >= 15 is 0 Å². The molecule has 0 aliphatic carbocycles. The molecule has 1 aromatic carbocycles. The number of hydrogen-bond donors (Lipinski definition) is 1. The largest absolute Gasteiger partial charge is 0.497 e. The summed E-state index contributed by atoms with van der Waals surface area (Å²) in [6.45, 7) is 0. The van der Waals surface area contributed by atoms with Gasteiger partial charge in [-0.15, -0.1) is 0 Å². The molecule has 0 aliphatic rings. The van der Waals surface area contributed by atoms with Gasteiger partial charge in [-0.2, -0.15) is 0 Å². The number of ether oxygens (including phenoxy) is 1. The number of methoxy groups -OCH3 is 1. The first kappa shape index (κ1) is 14.6. The molecule has 2 aromatic heterocycles. The van der Waals surface area contributed by atoms with Gasteiger partial charge in [0.1, 0.15) is 11.4 Å². The van der Waals surface area contributed by atoms with Crippen LogP contribution in [0.2, 0.25) is 0 Å². The van der Waals surface area contributed by atoms with Crippen molar-refractivity contribution in [1.82, 2.24) is 9.38 Å². The van der Waals surface area contributed by atoms with E-state index in [1.54, 1.807) is 7.11 Å². The minimum Gasteiger partial charge on any atom is -0.497 e. The van der Waals surface area contributed by atoms with Crippen LogP contribution in [0.5, 0.6) is 5.75 Å². The van der Waals surface area contributed by atoms with E-state index in [-0.39, 0.29) is 6.42 Å². The van der Waals surface area contributed by atoms with Crippen molar-refractivity contribution in [2.24, 2.45) is 0 Å². The Morgan fingerprint density at radius 2 is 2.00 bits per heavy atom. The van der Waals surface area contributed by atoms with Crippen molar-refractivity contribution < 1.29 is 14.6 Å². The highest BCUT2D eigenvalue weighted by Gasteiger charge is 2.18. The summed E-state index contributed by atoms with van der Waals surface area (Å²) in [4.78, 5) is 15.8. The van der Waals surface area contributed by atoms with Gasteiger partial charge in [-0.25, -0.2) is 4.98 Å². The minimum absolute atomic E-state index is 0.106. The molecule has 22 heavy (non-hydrogen) atoms. The molecule has 0 unspecified atom stereocenters. The van der Waals surface area contributed by atoms with Crippen molar-refractivity contribution in [1.29, 1.82) is 0 Å². The zero-order chi connectivity index (χ0) is 15.7. The number of carboxylic acid groups (broad SMARTS) is 1. The molecule has 1 N–H and O–H groups in total. The normalized spacial score (nSPS) is 10.8. The molecule has 5 nitrogen and oxygen atoms in total. The van der Waals surface area contributed by atoms with Crippen molar-refractivity contribution in [2.45, 2.75) is 6.42 Å². The smallest absolute Gasteiger partial charge is 0.309 e. The topological polar surface area (TPSA) is 63.8 Å². The quantitative estimate of drug-likeness (QED) is 0.724. The summed E-state index contributed by atoms with van der Waals surface area (Å²) in [5.74, 6) is -0.152. The van der Waals surface area contributed by atoms with E-state index in [2.05, 4.69) is 20.9 Å². The summed E-state index contributed by atoms with van der Waals surface area (Å²) in [6.07, 6.45) is -0.106. The number of benzene rings is 1. The molecule has 2 heterocycles. The number of fused-ring (bicyclic) bond motifs is 1. The van der Waals surface area contributed by atoms with Gasteiger partial charge in [-0.1, -0.05) is 6.07 Å². The predicted octanol–water partition coefficient (Wildman–Crippen LogP) is 3.40. The number of nitrogens with zero attached hydrogens (tertiary/aromatic N) is 2. The van der Waals surface area contributed by atoms with Gasteiger partial charge in [0.05, 0.1) is 29.5 Å². The van der Waals surface area contributed by atoms with Crippen LogP contribution in [0.15, 0.2) is 47.1 Å². The number of aromatic nitrogens is 2. The van der Waals surface area contributed by atoms with Gasteiger partial charge >= 0.3 is 5.97 Å². The monoisotopic (exact) mass is 360 g/mol. The average Bonchev–Trinajstić information content (AvgIpc) is 2.87. The van der Waals surface area contributed by atoms with Gasteiger partial charge in [-0.3, -0.25) is 9.20 Å². The highest BCUT2D eigenvalue weighted by Crippen LogP contribution is 2.29. The fraction of sp³-hybridized carbons (Fsp3) is 0.125. The Labute approximate surface area is 135 Å². The van der Waals surface area contributed by atoms with E-state index in [1.807, 2.05) is 46.9 Å². The zero-order valence-electron chi connectivity index (χ0n) is 11.8. The lowest BCUT2D eigenvalue weighted by Gasteiger charge is -2.05. The Morgan fingerprint density at radius 3 is 2.64 bits per heavy atom. The van der Waals surface area contributed by atoms with Crippen molar-refractivity contribution in [3.05, 3.63) is 52.8 Å². The number of pyridine rings is 1. The SMILES string of the molecule is COc1ccc(-c2nc3cccc(Br)n3c2CC(=O)O)cc1. The van der Waals surface area contributed by atoms with Crippen molar-refractivity contribution in [3.8, 4) is 17.0 Å². The molecule has 112 valence electrons. The molecule has 3 rings (SSSR count). The van der Waals surface area contributed by atoms with E-state index in [1.165, 1.54) is 0 Å². The molecular formula is C16H13BrN2O3. The van der Waals surface area contributed by atoms with Crippen LogP contribution in [0.1, 0.15) is 5.69 Å². The van der Waals surface area contributed by atoms with Gasteiger partial charge in [0, 0.05) is 5.56 Å². The third-order valence-corrected chi connectivity index (χ3v) is 3.99. The number of imidazole rings is 1. The van der Waals surface area contributed by atoms with E-state index in [0.29, 0.717) is 17.0 Å². The molecule has 0 aliphatic heterocycles. The Bertz CT molecular complexity index is 840. The predicted molar refractivity (Wildman–Crippen MR) is 86.2 cm³/mol. The molecule has 0 fully saturated rings. The lowest BCUT2D eigenvalue weighted by Crippen LogP contribution is -2.05. The fourth-order valence-corrected chi connectivity index (χ4v) is 2.95. The first-order chi connectivity index (χ1) is 10.6. The van der Waals surface area contributed by atoms with Crippen molar-refractivity contribution >= 4 is 27.5 Å². The molecular weight excluding hydrogens is 348 g/mol. The van der Waals surface area contributed by atoms with Crippen LogP contribution in [0, 0.1) is 0 Å². The van der Waals surface area contributed by atoms with Crippen molar-refractivity contribution in [3.63, 3.8) is 0 Å². The lowest BCUT2D eigenvalue weighted by molar-refractivity contribution is -0.136. The maximum absolute atomic E-state index is 11.2. The highest BCUT2D eigenvalue weighted by molar-refractivity contribution is 9.10. The fourth-order valence-electron chi connectivity index (χ4n) is 2.40. The first-order valence-corrected chi connectivity index (χ1v) is 7.41. The van der Waals surface area contributed by atoms with Crippen LogP contribution in [0.3, 0.4) is 0 Å². The number of hydrogen-bond acceptors (Lipinski definition) is 3. The Morgan fingerprint density at radius 1 is 1.27 bits per heavy atom. The second-order valence-electron chi connectivity index (χ2n) is 4.75. The van der Waals surface area contributed by atoms with Crippen LogP contribution in [-0.4, -0.2) is 27.6 Å². The third kappa shape index (κ3) is 2.57. The molecule has 0 saturated heterocycles. The van der Waals surface area contributed by atoms with E-state index in [9.17, 15) is 9.90 Å². The van der Waals surface area contributed by atoms with Crippen LogP contribution < -0.4 is 4.74 Å². The molecule has 6 heteroatoms. The van der Waals surface area contributed by atoms with Crippen LogP contribution in [-0.2, 0) is 11.2 Å². The summed E-state index contributed by atoms with van der Waals surface area (Å²) in [6, 6.07) is 13.0. The minimum atomic E-state index is -0.896. The van der Waals surface area contributed by atoms with E-state index in [0.717, 1.165) is 15.9 Å². The Kier molecular flexibility index (Phi) is 3.85. The van der Waals surface area contributed by atoms with Gasteiger partial charge in [0.2, 0.25) is 0 Å². The number of halogens is 1. The number of carboxylic acids is 1. The highest BCUT2D eigenvalue weighted by atomic mass is 79.9. The molecule has 3 aromatic rings. The maximum atomic E-state index is 11.2. The second-order valence-corrected chi connectivity index (χ2v) is 5.56. The summed E-state index contributed by atoms with van der Waals surface area (Å²) >= 11 is 3.46. The van der Waals surface area contributed by atoms with E-state index in [4.69, 9.17) is 4.74 Å². The number of rotatable bonds is 4. The van der Waals surface area contributed by atoms with E-state index < -0.39 is 5.97 Å². The average molecular weight is 361 g/mol. The maximum Gasteiger partial charge on any atom is 0.309 e. The van der Waals surface area contributed by atoms with Crippen LogP contribution >= 0.6 is 15.9 Å². The second kappa shape index (κ2) is 5.81. The molecule has 0 bridgehead atoms. The Balaban J connectivity index is 2.22. The van der Waals surface area contributed by atoms with Gasteiger partial charge in [0.15, 0.2) is 0 Å². The number of carbonyl (C=O) groups is 1. The molecule has 0 spiro atoms. The lowest BCUT2D eigenvalue weighted by atomic mass is 10.1. The molecule has 0 radical (unpaired) electrons. The van der Waals surface area contributed by atoms with Crippen molar-refractivity contribution in [2.75, 3.05) is 7.11 Å². The molecule has 0 amide bonds. The zero-order valence-corrected chi connectivity index (χ0v) is 13.4. The standard InChI is InChI=1S/C16H13BrN2O3/c1-22-11-7-5-10(6-8-11)16-12(9-15(20)21)19-13(17)3-2-4-14(19)18-16/h2-8H,9H2,1H3,(H,20,21). The van der Waals surface area contributed by atoms with Gasteiger partial charge < -0.3 is 9.84 Å². The summed E-state index contributed by atoms with van der Waals surface area (Å²) in [5.41, 5.74) is 2.86. The summed E-state index contributed by atoms with van der Waals surface area (Å²) in [7, 11) is 1.60. The first-order valence-electron chi connectivity index (χ1n) is 6.62. The van der Waals surface area contributed by atoms with Gasteiger partial charge in [0.25, 0.3) is 0 Å². The van der Waals surface area contributed by atoms with Gasteiger partial charge in [-0.05, 0) is 52.3 Å². The summed E-state index contributed by atoms with van der Waals surface area (Å²) in [5, 5.41) is 9.21.